The largest absolute Gasteiger partial charge is 0.476 e. The molecular weight excluding hydrogens is 210 g/mol. The molecule has 0 spiro atoms. The van der Waals surface area contributed by atoms with Crippen LogP contribution < -0.4 is 0 Å². The molecule has 0 unspecified atom stereocenters. The molecule has 1 heterocycles. The van der Waals surface area contributed by atoms with Gasteiger partial charge in [-0.2, -0.15) is 0 Å². The molecule has 0 aliphatic rings. The molecule has 2 rings (SSSR count). The van der Waals surface area contributed by atoms with Crippen molar-refractivity contribution >= 4 is 17.3 Å². The van der Waals surface area contributed by atoms with E-state index in [0.717, 1.165) is 15.4 Å². The summed E-state index contributed by atoms with van der Waals surface area (Å²) in [6.45, 7) is 1.77. The van der Waals surface area contributed by atoms with Gasteiger partial charge >= 0.3 is 5.97 Å². The summed E-state index contributed by atoms with van der Waals surface area (Å²) in [7, 11) is 0. The number of thiazole rings is 1. The van der Waals surface area contributed by atoms with Gasteiger partial charge in [-0.05, 0) is 6.92 Å². The van der Waals surface area contributed by atoms with E-state index in [1.807, 2.05) is 30.3 Å². The highest BCUT2D eigenvalue weighted by Gasteiger charge is 2.14. The summed E-state index contributed by atoms with van der Waals surface area (Å²) in [5, 5.41) is 9.63. The maximum absolute atomic E-state index is 10.8. The quantitative estimate of drug-likeness (QED) is 0.844. The molecule has 0 aliphatic carbocycles. The molecule has 3 nitrogen and oxygen atoms in total. The summed E-state index contributed by atoms with van der Waals surface area (Å²) >= 11 is 1.40. The second kappa shape index (κ2) is 3.82. The van der Waals surface area contributed by atoms with E-state index in [9.17, 15) is 4.79 Å². The minimum Gasteiger partial charge on any atom is -0.476 e. The lowest BCUT2D eigenvalue weighted by Gasteiger charge is -1.92. The van der Waals surface area contributed by atoms with Crippen LogP contribution in [0.15, 0.2) is 30.3 Å². The summed E-state index contributed by atoms with van der Waals surface area (Å²) in [6, 6.07) is 9.58. The predicted molar refractivity (Wildman–Crippen MR) is 59.2 cm³/mol. The first-order chi connectivity index (χ1) is 7.18. The molecular formula is C11H9NO2S. The fraction of sp³-hybridized carbons (Fsp3) is 0.0909. The summed E-state index contributed by atoms with van der Waals surface area (Å²) in [4.78, 5) is 15.6. The van der Waals surface area contributed by atoms with Crippen molar-refractivity contribution in [1.82, 2.24) is 4.98 Å². The van der Waals surface area contributed by atoms with E-state index < -0.39 is 5.97 Å². The van der Waals surface area contributed by atoms with Gasteiger partial charge in [0.1, 0.15) is 5.01 Å². The predicted octanol–water partition coefficient (Wildman–Crippen LogP) is 2.82. The molecule has 0 fully saturated rings. The second-order valence-electron chi connectivity index (χ2n) is 3.09. The van der Waals surface area contributed by atoms with E-state index in [-0.39, 0.29) is 5.69 Å². The molecule has 4 heteroatoms. The van der Waals surface area contributed by atoms with Crippen LogP contribution in [0.5, 0.6) is 0 Å². The number of carboxylic acid groups (broad SMARTS) is 1. The molecule has 1 N–H and O–H groups in total. The molecule has 0 saturated heterocycles. The molecule has 1 aromatic heterocycles. The first-order valence-electron chi connectivity index (χ1n) is 4.44. The van der Waals surface area contributed by atoms with E-state index in [2.05, 4.69) is 4.98 Å². The number of benzene rings is 1. The standard InChI is InChI=1S/C11H9NO2S/c1-7-9(11(13)14)12-10(15-7)8-5-3-2-4-6-8/h2-6H,1H3,(H,13,14). The first-order valence-corrected chi connectivity index (χ1v) is 5.26. The van der Waals surface area contributed by atoms with Crippen molar-refractivity contribution in [3.63, 3.8) is 0 Å². The topological polar surface area (TPSA) is 50.2 Å². The van der Waals surface area contributed by atoms with Crippen molar-refractivity contribution < 1.29 is 9.90 Å². The minimum atomic E-state index is -0.967. The average Bonchev–Trinajstić information content (AvgIpc) is 2.62. The molecule has 76 valence electrons. The third-order valence-corrected chi connectivity index (χ3v) is 3.04. The number of carbonyl (C=O) groups is 1. The Kier molecular flexibility index (Phi) is 2.51. The third kappa shape index (κ3) is 1.89. The van der Waals surface area contributed by atoms with Gasteiger partial charge in [0.2, 0.25) is 0 Å². The second-order valence-corrected chi connectivity index (χ2v) is 4.30. The number of aryl methyl sites for hydroxylation is 1. The summed E-state index contributed by atoms with van der Waals surface area (Å²) in [5.41, 5.74) is 1.11. The Hall–Kier alpha value is -1.68. The lowest BCUT2D eigenvalue weighted by atomic mass is 10.2. The maximum atomic E-state index is 10.8. The van der Waals surface area contributed by atoms with Crippen LogP contribution in [0.2, 0.25) is 0 Å². The van der Waals surface area contributed by atoms with Crippen molar-refractivity contribution in [2.75, 3.05) is 0 Å². The lowest BCUT2D eigenvalue weighted by Crippen LogP contribution is -1.98. The molecule has 0 bridgehead atoms. The molecule has 2 aromatic rings. The van der Waals surface area contributed by atoms with E-state index in [1.54, 1.807) is 6.92 Å². The Morgan fingerprint density at radius 2 is 2.00 bits per heavy atom. The monoisotopic (exact) mass is 219 g/mol. The number of nitrogens with zero attached hydrogens (tertiary/aromatic N) is 1. The van der Waals surface area contributed by atoms with E-state index in [1.165, 1.54) is 11.3 Å². The highest BCUT2D eigenvalue weighted by atomic mass is 32.1. The van der Waals surface area contributed by atoms with Crippen molar-refractivity contribution in [3.05, 3.63) is 40.9 Å². The van der Waals surface area contributed by atoms with Crippen LogP contribution in [-0.2, 0) is 0 Å². The smallest absolute Gasteiger partial charge is 0.355 e. The number of aromatic nitrogens is 1. The van der Waals surface area contributed by atoms with E-state index >= 15 is 0 Å². The van der Waals surface area contributed by atoms with Crippen LogP contribution in [0.25, 0.3) is 10.6 Å². The molecule has 15 heavy (non-hydrogen) atoms. The molecule has 1 aromatic carbocycles. The van der Waals surface area contributed by atoms with Crippen LogP contribution in [0, 0.1) is 6.92 Å². The van der Waals surface area contributed by atoms with Gasteiger partial charge in [0, 0.05) is 10.4 Å². The van der Waals surface area contributed by atoms with E-state index in [0.29, 0.717) is 0 Å². The van der Waals surface area contributed by atoms with Gasteiger partial charge in [-0.3, -0.25) is 0 Å². The average molecular weight is 219 g/mol. The highest BCUT2D eigenvalue weighted by Crippen LogP contribution is 2.27. The molecule has 0 saturated carbocycles. The number of hydrogen-bond acceptors (Lipinski definition) is 3. The highest BCUT2D eigenvalue weighted by molar-refractivity contribution is 7.15. The fourth-order valence-electron chi connectivity index (χ4n) is 1.30. The SMILES string of the molecule is Cc1sc(-c2ccccc2)nc1C(=O)O. The Labute approximate surface area is 91.0 Å². The van der Waals surface area contributed by atoms with Crippen molar-refractivity contribution in [3.8, 4) is 10.6 Å². The zero-order valence-corrected chi connectivity index (χ0v) is 8.91. The van der Waals surface area contributed by atoms with E-state index in [4.69, 9.17) is 5.11 Å². The van der Waals surface area contributed by atoms with Gasteiger partial charge in [-0.1, -0.05) is 30.3 Å². The minimum absolute atomic E-state index is 0.152. The summed E-state index contributed by atoms with van der Waals surface area (Å²) in [5.74, 6) is -0.967. The molecule has 0 aliphatic heterocycles. The van der Waals surface area contributed by atoms with Crippen LogP contribution in [-0.4, -0.2) is 16.1 Å². The number of carboxylic acids is 1. The van der Waals surface area contributed by atoms with Gasteiger partial charge in [0.05, 0.1) is 0 Å². The normalized spacial score (nSPS) is 10.2. The van der Waals surface area contributed by atoms with Gasteiger partial charge < -0.3 is 5.11 Å². The van der Waals surface area contributed by atoms with Crippen LogP contribution in [0.4, 0.5) is 0 Å². The van der Waals surface area contributed by atoms with Crippen LogP contribution >= 0.6 is 11.3 Å². The van der Waals surface area contributed by atoms with Gasteiger partial charge in [0.25, 0.3) is 0 Å². The molecule has 0 amide bonds. The zero-order valence-electron chi connectivity index (χ0n) is 8.10. The number of aromatic carboxylic acids is 1. The van der Waals surface area contributed by atoms with Crippen molar-refractivity contribution in [2.45, 2.75) is 6.92 Å². The van der Waals surface area contributed by atoms with Crippen molar-refractivity contribution in [1.29, 1.82) is 0 Å². The Balaban J connectivity index is 2.48. The van der Waals surface area contributed by atoms with Gasteiger partial charge in [0.15, 0.2) is 5.69 Å². The lowest BCUT2D eigenvalue weighted by molar-refractivity contribution is 0.0690. The molecule has 0 atom stereocenters. The Morgan fingerprint density at radius 1 is 1.33 bits per heavy atom. The fourth-order valence-corrected chi connectivity index (χ4v) is 2.21. The Morgan fingerprint density at radius 3 is 2.53 bits per heavy atom. The summed E-state index contributed by atoms with van der Waals surface area (Å²) < 4.78 is 0. The summed E-state index contributed by atoms with van der Waals surface area (Å²) in [6.07, 6.45) is 0. The molecule has 0 radical (unpaired) electrons. The van der Waals surface area contributed by atoms with Gasteiger partial charge in [-0.15, -0.1) is 11.3 Å². The number of hydrogen-bond donors (Lipinski definition) is 1. The van der Waals surface area contributed by atoms with Gasteiger partial charge in [-0.25, -0.2) is 9.78 Å². The maximum Gasteiger partial charge on any atom is 0.355 e. The first kappa shape index (κ1) is 9.86. The van der Waals surface area contributed by atoms with Crippen LogP contribution in [0.3, 0.4) is 0 Å². The number of rotatable bonds is 2. The Bertz CT molecular complexity index is 491. The van der Waals surface area contributed by atoms with Crippen molar-refractivity contribution in [2.24, 2.45) is 0 Å². The van der Waals surface area contributed by atoms with Crippen LogP contribution in [0.1, 0.15) is 15.4 Å². The zero-order chi connectivity index (χ0) is 10.8. The third-order valence-electron chi connectivity index (χ3n) is 2.02.